The molecule has 0 aliphatic rings. The summed E-state index contributed by atoms with van der Waals surface area (Å²) in [6.45, 7) is -0.0348. The highest BCUT2D eigenvalue weighted by molar-refractivity contribution is 9.10. The fraction of sp³-hybridized carbons (Fsp3) is 0.333. The Labute approximate surface area is 91.3 Å². The average Bonchev–Trinajstić information content (AvgIpc) is 2.03. The Bertz CT molecular complexity index is 315. The monoisotopic (exact) mass is 263 g/mol. The molecule has 0 heterocycles. The average molecular weight is 265 g/mol. The van der Waals surface area contributed by atoms with E-state index in [2.05, 4.69) is 15.9 Å². The van der Waals surface area contributed by atoms with Crippen molar-refractivity contribution in [3.63, 3.8) is 0 Å². The largest absolute Gasteiger partial charge is 0.392 e. The van der Waals surface area contributed by atoms with Crippen LogP contribution in [0.15, 0.2) is 16.6 Å². The van der Waals surface area contributed by atoms with Crippen molar-refractivity contribution >= 4 is 33.2 Å². The third-order valence-corrected chi connectivity index (χ3v) is 2.76. The number of halogens is 2. The van der Waals surface area contributed by atoms with Crippen molar-refractivity contribution in [3.8, 4) is 0 Å². The number of aliphatic hydroxyl groups excluding tert-OH is 1. The van der Waals surface area contributed by atoms with Crippen LogP contribution >= 0.6 is 27.5 Å². The van der Waals surface area contributed by atoms with Crippen molar-refractivity contribution in [2.75, 3.05) is 19.0 Å². The van der Waals surface area contributed by atoms with Crippen molar-refractivity contribution in [1.29, 1.82) is 0 Å². The molecule has 1 aromatic rings. The lowest BCUT2D eigenvalue weighted by Crippen LogP contribution is -2.09. The molecule has 4 heteroatoms. The Morgan fingerprint density at radius 2 is 2.08 bits per heavy atom. The van der Waals surface area contributed by atoms with Gasteiger partial charge < -0.3 is 10.0 Å². The molecule has 0 saturated heterocycles. The number of hydrogen-bond donors (Lipinski definition) is 1. The molecule has 1 aromatic carbocycles. The summed E-state index contributed by atoms with van der Waals surface area (Å²) in [5, 5.41) is 9.58. The second-order valence-corrected chi connectivity index (χ2v) is 4.21. The molecule has 2 nitrogen and oxygen atoms in total. The summed E-state index contributed by atoms with van der Waals surface area (Å²) in [4.78, 5) is 1.96. The lowest BCUT2D eigenvalue weighted by Gasteiger charge is -2.16. The summed E-state index contributed by atoms with van der Waals surface area (Å²) in [6.07, 6.45) is 0. The van der Waals surface area contributed by atoms with E-state index in [4.69, 9.17) is 16.7 Å². The molecule has 0 saturated carbocycles. The van der Waals surface area contributed by atoms with Gasteiger partial charge in [-0.25, -0.2) is 0 Å². The van der Waals surface area contributed by atoms with E-state index < -0.39 is 0 Å². The van der Waals surface area contributed by atoms with Crippen LogP contribution in [0.25, 0.3) is 0 Å². The topological polar surface area (TPSA) is 23.5 Å². The normalized spacial score (nSPS) is 10.2. The van der Waals surface area contributed by atoms with Crippen LogP contribution in [0.3, 0.4) is 0 Å². The van der Waals surface area contributed by atoms with Crippen LogP contribution < -0.4 is 4.90 Å². The lowest BCUT2D eigenvalue weighted by molar-refractivity contribution is 0.282. The smallest absolute Gasteiger partial charge is 0.0697 e. The molecule has 0 fully saturated rings. The predicted octanol–water partition coefficient (Wildman–Crippen LogP) is 2.66. The molecule has 0 bridgehead atoms. The standard InChI is InChI=1S/C9H11BrClNO/c1-12(2)9-3-6(5-13)8(11)4-7(9)10/h3-4,13H,5H2,1-2H3. The molecule has 72 valence electrons. The first-order valence-corrected chi connectivity index (χ1v) is 4.99. The van der Waals surface area contributed by atoms with Crippen LogP contribution in [0, 0.1) is 0 Å². The van der Waals surface area contributed by atoms with Gasteiger partial charge in [-0.1, -0.05) is 11.6 Å². The van der Waals surface area contributed by atoms with Crippen LogP contribution in [0.5, 0.6) is 0 Å². The van der Waals surface area contributed by atoms with Gasteiger partial charge in [0.05, 0.1) is 12.3 Å². The van der Waals surface area contributed by atoms with Crippen molar-refractivity contribution in [2.24, 2.45) is 0 Å². The van der Waals surface area contributed by atoms with Gasteiger partial charge in [-0.3, -0.25) is 0 Å². The Morgan fingerprint density at radius 1 is 1.46 bits per heavy atom. The summed E-state index contributed by atoms with van der Waals surface area (Å²) < 4.78 is 0.930. The van der Waals surface area contributed by atoms with Crippen molar-refractivity contribution in [1.82, 2.24) is 0 Å². The predicted molar refractivity (Wildman–Crippen MR) is 59.4 cm³/mol. The van der Waals surface area contributed by atoms with Gasteiger partial charge in [0.15, 0.2) is 0 Å². The van der Waals surface area contributed by atoms with Crippen LogP contribution in [-0.2, 0) is 6.61 Å². The highest BCUT2D eigenvalue weighted by atomic mass is 79.9. The zero-order chi connectivity index (χ0) is 10.0. The Balaban J connectivity index is 3.22. The first-order valence-electron chi connectivity index (χ1n) is 3.82. The molecule has 0 aliphatic heterocycles. The molecule has 0 unspecified atom stereocenters. The zero-order valence-corrected chi connectivity index (χ0v) is 9.85. The maximum absolute atomic E-state index is 9.00. The van der Waals surface area contributed by atoms with Gasteiger partial charge in [0.2, 0.25) is 0 Å². The summed E-state index contributed by atoms with van der Waals surface area (Å²) in [5.74, 6) is 0. The summed E-state index contributed by atoms with van der Waals surface area (Å²) in [7, 11) is 3.88. The van der Waals surface area contributed by atoms with Crippen LogP contribution in [0.1, 0.15) is 5.56 Å². The SMILES string of the molecule is CN(C)c1cc(CO)c(Cl)cc1Br. The van der Waals surface area contributed by atoms with Crippen LogP contribution in [0.2, 0.25) is 5.02 Å². The summed E-state index contributed by atoms with van der Waals surface area (Å²) in [5.41, 5.74) is 1.75. The third-order valence-electron chi connectivity index (χ3n) is 1.77. The van der Waals surface area contributed by atoms with E-state index in [-0.39, 0.29) is 6.61 Å². The van der Waals surface area contributed by atoms with Gasteiger partial charge in [-0.2, -0.15) is 0 Å². The number of nitrogens with zero attached hydrogens (tertiary/aromatic N) is 1. The first-order chi connectivity index (χ1) is 6.06. The number of anilines is 1. The highest BCUT2D eigenvalue weighted by Crippen LogP contribution is 2.31. The minimum Gasteiger partial charge on any atom is -0.392 e. The van der Waals surface area contributed by atoms with Crippen LogP contribution in [-0.4, -0.2) is 19.2 Å². The zero-order valence-electron chi connectivity index (χ0n) is 7.51. The summed E-state index contributed by atoms with van der Waals surface area (Å²) >= 11 is 9.30. The Hall–Kier alpha value is -0.250. The van der Waals surface area contributed by atoms with E-state index in [0.29, 0.717) is 5.02 Å². The van der Waals surface area contributed by atoms with Crippen molar-refractivity contribution in [3.05, 3.63) is 27.2 Å². The molecule has 0 aromatic heterocycles. The van der Waals surface area contributed by atoms with Gasteiger partial charge in [0.25, 0.3) is 0 Å². The van der Waals surface area contributed by atoms with E-state index in [9.17, 15) is 0 Å². The fourth-order valence-electron chi connectivity index (χ4n) is 1.04. The van der Waals surface area contributed by atoms with E-state index in [1.54, 1.807) is 6.07 Å². The maximum Gasteiger partial charge on any atom is 0.0697 e. The van der Waals surface area contributed by atoms with E-state index in [1.807, 2.05) is 25.1 Å². The second-order valence-electron chi connectivity index (χ2n) is 2.95. The molecule has 0 amide bonds. The first kappa shape index (κ1) is 10.8. The van der Waals surface area contributed by atoms with E-state index >= 15 is 0 Å². The van der Waals surface area contributed by atoms with Gasteiger partial charge >= 0.3 is 0 Å². The Morgan fingerprint density at radius 3 is 2.54 bits per heavy atom. The van der Waals surface area contributed by atoms with Crippen LogP contribution in [0.4, 0.5) is 5.69 Å². The molecule has 0 spiro atoms. The van der Waals surface area contributed by atoms with E-state index in [0.717, 1.165) is 15.7 Å². The second kappa shape index (κ2) is 4.31. The van der Waals surface area contributed by atoms with Crippen molar-refractivity contribution < 1.29 is 5.11 Å². The van der Waals surface area contributed by atoms with Gasteiger partial charge in [0, 0.05) is 23.6 Å². The third kappa shape index (κ3) is 2.36. The Kier molecular flexibility index (Phi) is 3.59. The number of hydrogen-bond acceptors (Lipinski definition) is 2. The molecule has 1 rings (SSSR count). The molecule has 0 radical (unpaired) electrons. The number of benzene rings is 1. The molecule has 0 aliphatic carbocycles. The number of aliphatic hydroxyl groups is 1. The highest BCUT2D eigenvalue weighted by Gasteiger charge is 2.07. The molecular weight excluding hydrogens is 253 g/mol. The molecule has 0 atom stereocenters. The van der Waals surface area contributed by atoms with Gasteiger partial charge in [0.1, 0.15) is 0 Å². The van der Waals surface area contributed by atoms with Crippen molar-refractivity contribution in [2.45, 2.75) is 6.61 Å². The van der Waals surface area contributed by atoms with Gasteiger partial charge in [-0.05, 0) is 33.6 Å². The minimum atomic E-state index is -0.0348. The minimum absolute atomic E-state index is 0.0348. The molecular formula is C9H11BrClNO. The lowest BCUT2D eigenvalue weighted by atomic mass is 10.2. The molecule has 13 heavy (non-hydrogen) atoms. The summed E-state index contributed by atoms with van der Waals surface area (Å²) in [6, 6.07) is 3.66. The van der Waals surface area contributed by atoms with Gasteiger partial charge in [-0.15, -0.1) is 0 Å². The fourth-order valence-corrected chi connectivity index (χ4v) is 2.10. The van der Waals surface area contributed by atoms with E-state index in [1.165, 1.54) is 0 Å². The number of rotatable bonds is 2. The maximum atomic E-state index is 9.00. The quantitative estimate of drug-likeness (QED) is 0.888. The molecule has 1 N–H and O–H groups in total.